The summed E-state index contributed by atoms with van der Waals surface area (Å²) in [6, 6.07) is 28.6. The van der Waals surface area contributed by atoms with Crippen molar-refractivity contribution in [2.24, 2.45) is 0 Å². The van der Waals surface area contributed by atoms with Crippen LogP contribution in [0.3, 0.4) is 0 Å². The zero-order valence-electron chi connectivity index (χ0n) is 21.4. The van der Waals surface area contributed by atoms with E-state index in [9.17, 15) is 14.4 Å². The minimum atomic E-state index is -0.471. The van der Waals surface area contributed by atoms with Crippen LogP contribution < -0.4 is 16.0 Å². The average molecular weight is 635 g/mol. The molecule has 4 aromatic carbocycles. The number of amides is 3. The summed E-state index contributed by atoms with van der Waals surface area (Å²) in [7, 11) is 0. The molecule has 0 spiro atoms. The third kappa shape index (κ3) is 8.32. The molecule has 4 aromatic rings. The van der Waals surface area contributed by atoms with Gasteiger partial charge in [0, 0.05) is 31.3 Å². The highest BCUT2D eigenvalue weighted by molar-refractivity contribution is 9.10. The highest BCUT2D eigenvalue weighted by Crippen LogP contribution is 2.25. The lowest BCUT2D eigenvalue weighted by Crippen LogP contribution is -2.30. The van der Waals surface area contributed by atoms with E-state index in [2.05, 4.69) is 31.9 Å². The third-order valence-electron chi connectivity index (χ3n) is 5.71. The van der Waals surface area contributed by atoms with Gasteiger partial charge in [0.05, 0.1) is 5.75 Å². The van der Waals surface area contributed by atoms with E-state index in [0.717, 1.165) is 20.5 Å². The quantitative estimate of drug-likeness (QED) is 0.131. The molecule has 0 saturated carbocycles. The summed E-state index contributed by atoms with van der Waals surface area (Å²) in [6.07, 6.45) is 1.62. The molecular formula is C31H25BrClN3O3S. The van der Waals surface area contributed by atoms with Gasteiger partial charge in [-0.15, -0.1) is 11.8 Å². The molecule has 0 unspecified atom stereocenters. The van der Waals surface area contributed by atoms with Gasteiger partial charge in [0.2, 0.25) is 5.91 Å². The van der Waals surface area contributed by atoms with Gasteiger partial charge in [0.25, 0.3) is 11.8 Å². The van der Waals surface area contributed by atoms with Crippen molar-refractivity contribution < 1.29 is 14.4 Å². The molecule has 0 aliphatic heterocycles. The molecule has 0 aromatic heterocycles. The monoisotopic (exact) mass is 633 g/mol. The summed E-state index contributed by atoms with van der Waals surface area (Å²) in [6.45, 7) is 1.85. The average Bonchev–Trinajstić information content (AvgIpc) is 2.95. The zero-order chi connectivity index (χ0) is 28.5. The number of rotatable bonds is 9. The van der Waals surface area contributed by atoms with E-state index in [1.165, 1.54) is 11.8 Å². The lowest BCUT2D eigenvalue weighted by Gasteiger charge is -2.12. The Morgan fingerprint density at radius 2 is 1.60 bits per heavy atom. The molecule has 4 rings (SSSR count). The predicted octanol–water partition coefficient (Wildman–Crippen LogP) is 7.55. The van der Waals surface area contributed by atoms with E-state index < -0.39 is 11.8 Å². The summed E-state index contributed by atoms with van der Waals surface area (Å²) < 4.78 is 0.847. The van der Waals surface area contributed by atoms with E-state index in [1.807, 2.05) is 55.5 Å². The van der Waals surface area contributed by atoms with Gasteiger partial charge in [-0.05, 0) is 84.8 Å². The fourth-order valence-corrected chi connectivity index (χ4v) is 4.91. The van der Waals surface area contributed by atoms with Gasteiger partial charge in [-0.25, -0.2) is 0 Å². The van der Waals surface area contributed by atoms with Crippen LogP contribution in [-0.2, 0) is 9.59 Å². The SMILES string of the molecule is Cc1c(Cl)cccc1NC(=O)CSc1ccc(NC(=O)/C(=C/c2cccc(Br)c2)NC(=O)c2ccccc2)cc1. The van der Waals surface area contributed by atoms with Crippen molar-refractivity contribution >= 4 is 74.5 Å². The second-order valence-corrected chi connectivity index (χ2v) is 11.0. The standard InChI is InChI=1S/C31H25BrClN3O3S/c1-20-26(33)11-6-12-27(20)35-29(37)19-40-25-15-13-24(14-16-25)34-31(39)28(18-21-7-5-10-23(32)17-21)36-30(38)22-8-3-2-4-9-22/h2-18H,19H2,1H3,(H,34,39)(H,35,37)(H,36,38)/b28-18-. The minimum Gasteiger partial charge on any atom is -0.325 e. The third-order valence-corrected chi connectivity index (χ3v) is 7.63. The number of halogens is 2. The van der Waals surface area contributed by atoms with Gasteiger partial charge < -0.3 is 16.0 Å². The van der Waals surface area contributed by atoms with Crippen LogP contribution in [0.4, 0.5) is 11.4 Å². The van der Waals surface area contributed by atoms with Gasteiger partial charge in [-0.1, -0.05) is 63.9 Å². The van der Waals surface area contributed by atoms with Crippen LogP contribution in [0.15, 0.2) is 112 Å². The molecule has 0 radical (unpaired) electrons. The fourth-order valence-electron chi connectivity index (χ4n) is 3.62. The Kier molecular flexibility index (Phi) is 10.2. The number of hydrogen-bond acceptors (Lipinski definition) is 4. The van der Waals surface area contributed by atoms with Gasteiger partial charge in [-0.2, -0.15) is 0 Å². The topological polar surface area (TPSA) is 87.3 Å². The Hall–Kier alpha value is -3.85. The molecule has 40 heavy (non-hydrogen) atoms. The summed E-state index contributed by atoms with van der Waals surface area (Å²) >= 11 is 10.9. The highest BCUT2D eigenvalue weighted by Gasteiger charge is 2.15. The van der Waals surface area contributed by atoms with Crippen molar-refractivity contribution in [1.82, 2.24) is 5.32 Å². The van der Waals surface area contributed by atoms with Crippen molar-refractivity contribution in [3.05, 3.63) is 129 Å². The molecule has 0 bridgehead atoms. The molecule has 6 nitrogen and oxygen atoms in total. The van der Waals surface area contributed by atoms with Crippen LogP contribution in [-0.4, -0.2) is 23.5 Å². The van der Waals surface area contributed by atoms with E-state index in [-0.39, 0.29) is 17.4 Å². The first-order valence-corrected chi connectivity index (χ1v) is 14.4. The molecule has 3 amide bonds. The van der Waals surface area contributed by atoms with E-state index in [4.69, 9.17) is 11.6 Å². The van der Waals surface area contributed by atoms with E-state index in [0.29, 0.717) is 22.0 Å². The Balaban J connectivity index is 1.41. The first kappa shape index (κ1) is 29.1. The molecule has 0 fully saturated rings. The molecular weight excluding hydrogens is 610 g/mol. The summed E-state index contributed by atoms with van der Waals surface area (Å²) in [5, 5.41) is 9.04. The highest BCUT2D eigenvalue weighted by atomic mass is 79.9. The number of hydrogen-bond donors (Lipinski definition) is 3. The number of benzene rings is 4. The van der Waals surface area contributed by atoms with Crippen LogP contribution in [0.1, 0.15) is 21.5 Å². The molecule has 0 saturated heterocycles. The molecule has 0 aliphatic rings. The van der Waals surface area contributed by atoms with Crippen molar-refractivity contribution in [3.63, 3.8) is 0 Å². The second kappa shape index (κ2) is 14.0. The smallest absolute Gasteiger partial charge is 0.272 e. The van der Waals surface area contributed by atoms with E-state index in [1.54, 1.807) is 54.6 Å². The van der Waals surface area contributed by atoms with Crippen molar-refractivity contribution in [3.8, 4) is 0 Å². The second-order valence-electron chi connectivity index (χ2n) is 8.66. The van der Waals surface area contributed by atoms with Crippen molar-refractivity contribution in [2.75, 3.05) is 16.4 Å². The molecule has 202 valence electrons. The summed E-state index contributed by atoms with van der Waals surface area (Å²) in [5.41, 5.74) is 3.32. The fraction of sp³-hybridized carbons (Fsp3) is 0.0645. The van der Waals surface area contributed by atoms with Crippen LogP contribution >= 0.6 is 39.3 Å². The van der Waals surface area contributed by atoms with Crippen LogP contribution in [0, 0.1) is 6.92 Å². The van der Waals surface area contributed by atoms with Gasteiger partial charge in [-0.3, -0.25) is 14.4 Å². The Morgan fingerprint density at radius 3 is 2.33 bits per heavy atom. The first-order chi connectivity index (χ1) is 19.3. The van der Waals surface area contributed by atoms with Crippen LogP contribution in [0.2, 0.25) is 5.02 Å². The maximum atomic E-state index is 13.2. The van der Waals surface area contributed by atoms with Crippen molar-refractivity contribution in [1.29, 1.82) is 0 Å². The number of thioether (sulfide) groups is 1. The lowest BCUT2D eigenvalue weighted by molar-refractivity contribution is -0.114. The van der Waals surface area contributed by atoms with Gasteiger partial charge in [0.1, 0.15) is 5.70 Å². The maximum Gasteiger partial charge on any atom is 0.272 e. The molecule has 9 heteroatoms. The lowest BCUT2D eigenvalue weighted by atomic mass is 10.1. The molecule has 0 aliphatic carbocycles. The predicted molar refractivity (Wildman–Crippen MR) is 167 cm³/mol. The molecule has 0 atom stereocenters. The molecule has 0 heterocycles. The largest absolute Gasteiger partial charge is 0.325 e. The van der Waals surface area contributed by atoms with Crippen molar-refractivity contribution in [2.45, 2.75) is 11.8 Å². The van der Waals surface area contributed by atoms with Gasteiger partial charge in [0.15, 0.2) is 0 Å². The Labute approximate surface area is 250 Å². The molecule has 3 N–H and O–H groups in total. The Bertz CT molecular complexity index is 1560. The summed E-state index contributed by atoms with van der Waals surface area (Å²) in [4.78, 5) is 39.3. The number of carbonyl (C=O) groups excluding carboxylic acids is 3. The summed E-state index contributed by atoms with van der Waals surface area (Å²) in [5.74, 6) is -0.803. The van der Waals surface area contributed by atoms with Gasteiger partial charge >= 0.3 is 0 Å². The Morgan fingerprint density at radius 1 is 0.875 bits per heavy atom. The normalized spacial score (nSPS) is 11.0. The van der Waals surface area contributed by atoms with Crippen LogP contribution in [0.25, 0.3) is 6.08 Å². The number of nitrogens with one attached hydrogen (secondary N) is 3. The maximum absolute atomic E-state index is 13.2. The zero-order valence-corrected chi connectivity index (χ0v) is 24.6. The number of carbonyl (C=O) groups is 3. The number of anilines is 2. The van der Waals surface area contributed by atoms with Crippen LogP contribution in [0.5, 0.6) is 0 Å². The minimum absolute atomic E-state index is 0.0957. The first-order valence-electron chi connectivity index (χ1n) is 12.2. The van der Waals surface area contributed by atoms with E-state index >= 15 is 0 Å².